The van der Waals surface area contributed by atoms with Gasteiger partial charge in [-0.15, -0.1) is 0 Å². The topological polar surface area (TPSA) is 12.0 Å². The van der Waals surface area contributed by atoms with Crippen LogP contribution in [0.1, 0.15) is 47.5 Å². The second-order valence-electron chi connectivity index (χ2n) is 4.02. The van der Waals surface area contributed by atoms with Crippen molar-refractivity contribution in [3.8, 4) is 0 Å². The Morgan fingerprint density at radius 3 is 2.18 bits per heavy atom. The zero-order valence-corrected chi connectivity index (χ0v) is 8.70. The van der Waals surface area contributed by atoms with Crippen molar-refractivity contribution >= 4 is 0 Å². The summed E-state index contributed by atoms with van der Waals surface area (Å²) in [6, 6.07) is 0.632. The Morgan fingerprint density at radius 2 is 1.82 bits per heavy atom. The van der Waals surface area contributed by atoms with Crippen LogP contribution in [0.4, 0.5) is 0 Å². The fourth-order valence-electron chi connectivity index (χ4n) is 0.943. The maximum Gasteiger partial charge on any atom is 0.00897 e. The van der Waals surface area contributed by atoms with E-state index in [4.69, 9.17) is 0 Å². The fourth-order valence-corrected chi connectivity index (χ4v) is 0.943. The molecule has 0 aromatic heterocycles. The molecule has 68 valence electrons. The quantitative estimate of drug-likeness (QED) is 0.647. The van der Waals surface area contributed by atoms with E-state index in [9.17, 15) is 0 Å². The van der Waals surface area contributed by atoms with E-state index < -0.39 is 0 Å². The SMILES string of the molecule is CCCN[C@H](C)C(C)(C)CC. The Morgan fingerprint density at radius 1 is 1.27 bits per heavy atom. The lowest BCUT2D eigenvalue weighted by atomic mass is 9.83. The first kappa shape index (κ1) is 11.0. The highest BCUT2D eigenvalue weighted by atomic mass is 14.9. The van der Waals surface area contributed by atoms with Crippen molar-refractivity contribution < 1.29 is 0 Å². The van der Waals surface area contributed by atoms with Gasteiger partial charge in [0.15, 0.2) is 0 Å². The van der Waals surface area contributed by atoms with Crippen molar-refractivity contribution in [2.75, 3.05) is 6.54 Å². The standard InChI is InChI=1S/C10H23N/c1-6-8-11-9(3)10(4,5)7-2/h9,11H,6-8H2,1-5H3/t9-/m1/s1. The van der Waals surface area contributed by atoms with Crippen LogP contribution in [-0.2, 0) is 0 Å². The molecule has 0 saturated heterocycles. The molecular weight excluding hydrogens is 134 g/mol. The second-order valence-corrected chi connectivity index (χ2v) is 4.02. The Labute approximate surface area is 71.6 Å². The molecule has 1 heteroatoms. The van der Waals surface area contributed by atoms with Gasteiger partial charge in [-0.1, -0.05) is 27.7 Å². The first-order valence-corrected chi connectivity index (χ1v) is 4.78. The highest BCUT2D eigenvalue weighted by Crippen LogP contribution is 2.24. The lowest BCUT2D eigenvalue weighted by molar-refractivity contribution is 0.248. The Kier molecular flexibility index (Phi) is 4.74. The molecule has 0 aliphatic heterocycles. The second kappa shape index (κ2) is 4.76. The van der Waals surface area contributed by atoms with Gasteiger partial charge < -0.3 is 5.32 Å². The van der Waals surface area contributed by atoms with Crippen LogP contribution in [0.2, 0.25) is 0 Å². The monoisotopic (exact) mass is 157 g/mol. The van der Waals surface area contributed by atoms with Crippen LogP contribution in [0.5, 0.6) is 0 Å². The van der Waals surface area contributed by atoms with E-state index in [1.807, 2.05) is 0 Å². The average molecular weight is 157 g/mol. The molecule has 0 fully saturated rings. The van der Waals surface area contributed by atoms with Crippen molar-refractivity contribution in [1.29, 1.82) is 0 Å². The molecule has 0 aromatic carbocycles. The zero-order valence-electron chi connectivity index (χ0n) is 8.70. The summed E-state index contributed by atoms with van der Waals surface area (Å²) in [4.78, 5) is 0. The van der Waals surface area contributed by atoms with E-state index in [2.05, 4.69) is 39.9 Å². The van der Waals surface area contributed by atoms with E-state index in [-0.39, 0.29) is 0 Å². The predicted octanol–water partition coefficient (Wildman–Crippen LogP) is 2.81. The van der Waals surface area contributed by atoms with Crippen LogP contribution < -0.4 is 5.32 Å². The fraction of sp³-hybridized carbons (Fsp3) is 1.00. The molecule has 1 nitrogen and oxygen atoms in total. The van der Waals surface area contributed by atoms with E-state index in [0.717, 1.165) is 6.54 Å². The van der Waals surface area contributed by atoms with Gasteiger partial charge >= 0.3 is 0 Å². The summed E-state index contributed by atoms with van der Waals surface area (Å²) in [5.41, 5.74) is 0.440. The Hall–Kier alpha value is -0.0400. The molecule has 0 aromatic rings. The molecule has 11 heavy (non-hydrogen) atoms. The summed E-state index contributed by atoms with van der Waals surface area (Å²) in [5, 5.41) is 3.52. The minimum Gasteiger partial charge on any atom is -0.314 e. The van der Waals surface area contributed by atoms with Gasteiger partial charge in [0.25, 0.3) is 0 Å². The summed E-state index contributed by atoms with van der Waals surface area (Å²) >= 11 is 0. The van der Waals surface area contributed by atoms with E-state index in [0.29, 0.717) is 11.5 Å². The number of hydrogen-bond acceptors (Lipinski definition) is 1. The molecule has 1 atom stereocenters. The van der Waals surface area contributed by atoms with Crippen LogP contribution in [0.3, 0.4) is 0 Å². The Bertz CT molecular complexity index is 97.0. The highest BCUT2D eigenvalue weighted by Gasteiger charge is 2.22. The van der Waals surface area contributed by atoms with Crippen molar-refractivity contribution in [2.45, 2.75) is 53.5 Å². The van der Waals surface area contributed by atoms with E-state index >= 15 is 0 Å². The zero-order chi connectivity index (χ0) is 8.91. The summed E-state index contributed by atoms with van der Waals surface area (Å²) in [6.07, 6.45) is 2.47. The van der Waals surface area contributed by atoms with E-state index in [1.165, 1.54) is 12.8 Å². The van der Waals surface area contributed by atoms with E-state index in [1.54, 1.807) is 0 Å². The molecular formula is C10H23N. The number of nitrogens with one attached hydrogen (secondary N) is 1. The summed E-state index contributed by atoms with van der Waals surface area (Å²) in [7, 11) is 0. The third-order valence-corrected chi connectivity index (χ3v) is 2.78. The third kappa shape index (κ3) is 3.76. The third-order valence-electron chi connectivity index (χ3n) is 2.78. The van der Waals surface area contributed by atoms with Gasteiger partial charge in [-0.3, -0.25) is 0 Å². The summed E-state index contributed by atoms with van der Waals surface area (Å²) < 4.78 is 0. The molecule has 0 spiro atoms. The molecule has 0 heterocycles. The highest BCUT2D eigenvalue weighted by molar-refractivity contribution is 4.78. The maximum absolute atomic E-state index is 3.52. The number of rotatable bonds is 5. The molecule has 0 saturated carbocycles. The van der Waals surface area contributed by atoms with Gasteiger partial charge in [-0.25, -0.2) is 0 Å². The minimum absolute atomic E-state index is 0.440. The minimum atomic E-state index is 0.440. The van der Waals surface area contributed by atoms with Crippen molar-refractivity contribution in [2.24, 2.45) is 5.41 Å². The molecule has 0 radical (unpaired) electrons. The molecule has 0 unspecified atom stereocenters. The van der Waals surface area contributed by atoms with Gasteiger partial charge in [0.1, 0.15) is 0 Å². The lowest BCUT2D eigenvalue weighted by Crippen LogP contribution is -2.39. The van der Waals surface area contributed by atoms with Crippen LogP contribution in [0, 0.1) is 5.41 Å². The summed E-state index contributed by atoms with van der Waals surface area (Å²) in [6.45, 7) is 12.5. The number of hydrogen-bond donors (Lipinski definition) is 1. The van der Waals surface area contributed by atoms with Crippen LogP contribution in [-0.4, -0.2) is 12.6 Å². The predicted molar refractivity (Wildman–Crippen MR) is 51.8 cm³/mol. The van der Waals surface area contributed by atoms with Crippen molar-refractivity contribution in [3.63, 3.8) is 0 Å². The first-order chi connectivity index (χ1) is 5.04. The molecule has 0 aliphatic rings. The van der Waals surface area contributed by atoms with Crippen LogP contribution in [0.25, 0.3) is 0 Å². The Balaban J connectivity index is 3.71. The van der Waals surface area contributed by atoms with Crippen LogP contribution in [0.15, 0.2) is 0 Å². The first-order valence-electron chi connectivity index (χ1n) is 4.78. The van der Waals surface area contributed by atoms with Gasteiger partial charge in [0.05, 0.1) is 0 Å². The van der Waals surface area contributed by atoms with Gasteiger partial charge in [0, 0.05) is 6.04 Å². The van der Waals surface area contributed by atoms with Gasteiger partial charge in [-0.2, -0.15) is 0 Å². The summed E-state index contributed by atoms with van der Waals surface area (Å²) in [5.74, 6) is 0. The largest absolute Gasteiger partial charge is 0.314 e. The van der Waals surface area contributed by atoms with Crippen molar-refractivity contribution in [3.05, 3.63) is 0 Å². The van der Waals surface area contributed by atoms with Gasteiger partial charge in [-0.05, 0) is 31.7 Å². The smallest absolute Gasteiger partial charge is 0.00897 e. The lowest BCUT2D eigenvalue weighted by Gasteiger charge is -2.31. The van der Waals surface area contributed by atoms with Crippen LogP contribution >= 0.6 is 0 Å². The maximum atomic E-state index is 3.52. The molecule has 0 aliphatic carbocycles. The molecule has 0 rings (SSSR count). The molecule has 1 N–H and O–H groups in total. The average Bonchev–Trinajstić information content (AvgIpc) is 2.00. The van der Waals surface area contributed by atoms with Crippen molar-refractivity contribution in [1.82, 2.24) is 5.32 Å². The molecule has 0 amide bonds. The van der Waals surface area contributed by atoms with Gasteiger partial charge in [0.2, 0.25) is 0 Å². The molecule has 0 bridgehead atoms. The normalized spacial score (nSPS) is 15.0.